The predicted octanol–water partition coefficient (Wildman–Crippen LogP) is 0.562. The first-order chi connectivity index (χ1) is 6.83. The molecule has 0 spiro atoms. The van der Waals surface area contributed by atoms with Gasteiger partial charge in [-0.3, -0.25) is 0 Å². The minimum atomic E-state index is -2.89. The van der Waals surface area contributed by atoms with E-state index in [4.69, 9.17) is 0 Å². The molecular weight excluding hydrogens is 214 g/mol. The van der Waals surface area contributed by atoms with Crippen LogP contribution in [0.2, 0.25) is 0 Å². The SMILES string of the molecule is CCCC(C)(O)CNCCS(=O)(=O)CC. The molecule has 0 heterocycles. The highest BCUT2D eigenvalue weighted by molar-refractivity contribution is 7.91. The van der Waals surface area contributed by atoms with Crippen molar-refractivity contribution in [3.05, 3.63) is 0 Å². The van der Waals surface area contributed by atoms with Crippen molar-refractivity contribution in [2.75, 3.05) is 24.6 Å². The summed E-state index contributed by atoms with van der Waals surface area (Å²) in [4.78, 5) is 0. The third-order valence-corrected chi connectivity index (χ3v) is 4.03. The fourth-order valence-electron chi connectivity index (χ4n) is 1.36. The molecule has 5 heteroatoms. The molecule has 0 amide bonds. The van der Waals surface area contributed by atoms with Crippen LogP contribution in [0.3, 0.4) is 0 Å². The van der Waals surface area contributed by atoms with Crippen LogP contribution in [0.25, 0.3) is 0 Å². The molecule has 0 fully saturated rings. The van der Waals surface area contributed by atoms with Gasteiger partial charge in [-0.2, -0.15) is 0 Å². The number of sulfone groups is 1. The van der Waals surface area contributed by atoms with Crippen LogP contribution in [0.5, 0.6) is 0 Å². The van der Waals surface area contributed by atoms with Gasteiger partial charge in [0.2, 0.25) is 0 Å². The maximum atomic E-state index is 11.1. The summed E-state index contributed by atoms with van der Waals surface area (Å²) in [6.45, 7) is 6.27. The Morgan fingerprint density at radius 1 is 1.33 bits per heavy atom. The molecule has 4 nitrogen and oxygen atoms in total. The summed E-state index contributed by atoms with van der Waals surface area (Å²) in [6.07, 6.45) is 1.64. The Kier molecular flexibility index (Phi) is 6.40. The van der Waals surface area contributed by atoms with Crippen molar-refractivity contribution >= 4 is 9.84 Å². The van der Waals surface area contributed by atoms with Gasteiger partial charge in [0, 0.05) is 18.8 Å². The van der Waals surface area contributed by atoms with E-state index in [-0.39, 0.29) is 11.5 Å². The van der Waals surface area contributed by atoms with Gasteiger partial charge in [-0.05, 0) is 13.3 Å². The summed E-state index contributed by atoms with van der Waals surface area (Å²) >= 11 is 0. The number of aliphatic hydroxyl groups is 1. The highest BCUT2D eigenvalue weighted by Gasteiger charge is 2.18. The average molecular weight is 237 g/mol. The molecule has 0 saturated heterocycles. The van der Waals surface area contributed by atoms with Crippen LogP contribution in [0.1, 0.15) is 33.6 Å². The second kappa shape index (κ2) is 6.45. The first-order valence-corrected chi connectivity index (χ1v) is 7.28. The van der Waals surface area contributed by atoms with Crippen molar-refractivity contribution in [2.24, 2.45) is 0 Å². The fourth-order valence-corrected chi connectivity index (χ4v) is 2.10. The Morgan fingerprint density at radius 3 is 2.40 bits per heavy atom. The van der Waals surface area contributed by atoms with E-state index in [1.807, 2.05) is 6.92 Å². The van der Waals surface area contributed by atoms with Crippen molar-refractivity contribution in [3.63, 3.8) is 0 Å². The van der Waals surface area contributed by atoms with Gasteiger partial charge in [-0.15, -0.1) is 0 Å². The van der Waals surface area contributed by atoms with Crippen molar-refractivity contribution < 1.29 is 13.5 Å². The predicted molar refractivity (Wildman–Crippen MR) is 62.7 cm³/mol. The monoisotopic (exact) mass is 237 g/mol. The summed E-state index contributed by atoms with van der Waals surface area (Å²) in [5.41, 5.74) is -0.731. The Bertz CT molecular complexity index is 260. The Balaban J connectivity index is 3.72. The Morgan fingerprint density at radius 2 is 1.93 bits per heavy atom. The van der Waals surface area contributed by atoms with Crippen molar-refractivity contribution in [3.8, 4) is 0 Å². The lowest BCUT2D eigenvalue weighted by molar-refractivity contribution is 0.0507. The van der Waals surface area contributed by atoms with Gasteiger partial charge in [-0.1, -0.05) is 20.3 Å². The number of nitrogens with one attached hydrogen (secondary N) is 1. The van der Waals surface area contributed by atoms with Crippen molar-refractivity contribution in [2.45, 2.75) is 39.2 Å². The molecule has 0 aliphatic carbocycles. The normalized spacial score (nSPS) is 16.3. The fraction of sp³-hybridized carbons (Fsp3) is 1.00. The van der Waals surface area contributed by atoms with Gasteiger partial charge in [0.15, 0.2) is 9.84 Å². The standard InChI is InChI=1S/C10H23NO3S/c1-4-6-10(3,12)9-11-7-8-15(13,14)5-2/h11-12H,4-9H2,1-3H3. The summed E-state index contributed by atoms with van der Waals surface area (Å²) in [7, 11) is -2.89. The van der Waals surface area contributed by atoms with Gasteiger partial charge < -0.3 is 10.4 Å². The third kappa shape index (κ3) is 7.76. The van der Waals surface area contributed by atoms with E-state index in [1.165, 1.54) is 0 Å². The Labute approximate surface area is 93.0 Å². The summed E-state index contributed by atoms with van der Waals surface area (Å²) in [5, 5.41) is 12.8. The second-order valence-electron chi connectivity index (χ2n) is 4.16. The smallest absolute Gasteiger partial charge is 0.151 e. The number of rotatable bonds is 8. The van der Waals surface area contributed by atoms with Crippen LogP contribution >= 0.6 is 0 Å². The van der Waals surface area contributed by atoms with E-state index >= 15 is 0 Å². The zero-order valence-electron chi connectivity index (χ0n) is 9.91. The first-order valence-electron chi connectivity index (χ1n) is 5.46. The third-order valence-electron chi connectivity index (χ3n) is 2.32. The van der Waals surface area contributed by atoms with Gasteiger partial charge >= 0.3 is 0 Å². The van der Waals surface area contributed by atoms with Crippen molar-refractivity contribution in [1.82, 2.24) is 5.32 Å². The molecule has 0 aliphatic heterocycles. The summed E-state index contributed by atoms with van der Waals surface area (Å²) < 4.78 is 22.3. The lowest BCUT2D eigenvalue weighted by atomic mass is 10.0. The molecule has 92 valence electrons. The summed E-state index contributed by atoms with van der Waals surface area (Å²) in [6, 6.07) is 0. The van der Waals surface area contributed by atoms with E-state index in [0.717, 1.165) is 12.8 Å². The molecular formula is C10H23NO3S. The van der Waals surface area contributed by atoms with Crippen LogP contribution in [0.15, 0.2) is 0 Å². The van der Waals surface area contributed by atoms with Gasteiger partial charge in [0.05, 0.1) is 11.4 Å². The molecule has 0 aromatic heterocycles. The van der Waals surface area contributed by atoms with Gasteiger partial charge in [-0.25, -0.2) is 8.42 Å². The van der Waals surface area contributed by atoms with E-state index < -0.39 is 15.4 Å². The lowest BCUT2D eigenvalue weighted by Crippen LogP contribution is -2.39. The molecule has 2 N–H and O–H groups in total. The molecule has 0 radical (unpaired) electrons. The van der Waals surface area contributed by atoms with Crippen LogP contribution in [0.4, 0.5) is 0 Å². The largest absolute Gasteiger partial charge is 0.389 e. The Hall–Kier alpha value is -0.130. The van der Waals surface area contributed by atoms with E-state index in [9.17, 15) is 13.5 Å². The zero-order chi connectivity index (χ0) is 11.9. The molecule has 0 aromatic carbocycles. The minimum Gasteiger partial charge on any atom is -0.389 e. The highest BCUT2D eigenvalue weighted by atomic mass is 32.2. The first kappa shape index (κ1) is 14.9. The van der Waals surface area contributed by atoms with Crippen LogP contribution in [-0.4, -0.2) is 43.7 Å². The van der Waals surface area contributed by atoms with E-state index in [2.05, 4.69) is 5.32 Å². The molecule has 1 unspecified atom stereocenters. The molecule has 0 aromatic rings. The highest BCUT2D eigenvalue weighted by Crippen LogP contribution is 2.09. The van der Waals surface area contributed by atoms with Crippen molar-refractivity contribution in [1.29, 1.82) is 0 Å². The molecule has 0 saturated carbocycles. The lowest BCUT2D eigenvalue weighted by Gasteiger charge is -2.22. The van der Waals surface area contributed by atoms with Crippen LogP contribution < -0.4 is 5.32 Å². The van der Waals surface area contributed by atoms with E-state index in [1.54, 1.807) is 13.8 Å². The number of hydrogen-bond acceptors (Lipinski definition) is 4. The molecule has 0 rings (SSSR count). The molecule has 1 atom stereocenters. The van der Waals surface area contributed by atoms with E-state index in [0.29, 0.717) is 13.1 Å². The quantitative estimate of drug-likeness (QED) is 0.605. The molecule has 0 bridgehead atoms. The van der Waals surface area contributed by atoms with Crippen LogP contribution in [-0.2, 0) is 9.84 Å². The maximum absolute atomic E-state index is 11.1. The molecule has 15 heavy (non-hydrogen) atoms. The van der Waals surface area contributed by atoms with Gasteiger partial charge in [0.25, 0.3) is 0 Å². The van der Waals surface area contributed by atoms with Crippen LogP contribution in [0, 0.1) is 0 Å². The topological polar surface area (TPSA) is 66.4 Å². The summed E-state index contributed by atoms with van der Waals surface area (Å²) in [5.74, 6) is 0.325. The minimum absolute atomic E-state index is 0.145. The van der Waals surface area contributed by atoms with Gasteiger partial charge in [0.1, 0.15) is 0 Å². The number of hydrogen-bond donors (Lipinski definition) is 2. The maximum Gasteiger partial charge on any atom is 0.151 e. The zero-order valence-corrected chi connectivity index (χ0v) is 10.7. The second-order valence-corrected chi connectivity index (χ2v) is 6.63. The molecule has 0 aliphatic rings. The average Bonchev–Trinajstić information content (AvgIpc) is 2.13.